The lowest BCUT2D eigenvalue weighted by Crippen LogP contribution is -1.93. The van der Waals surface area contributed by atoms with Crippen molar-refractivity contribution in [2.75, 3.05) is 0 Å². The van der Waals surface area contributed by atoms with E-state index in [2.05, 4.69) is 10.3 Å². The van der Waals surface area contributed by atoms with E-state index in [4.69, 9.17) is 0 Å². The molecular weight excluding hydrogens is 142 g/mol. The molecule has 0 saturated heterocycles. The first-order valence-corrected chi connectivity index (χ1v) is 3.70. The summed E-state index contributed by atoms with van der Waals surface area (Å²) in [7, 11) is 0. The van der Waals surface area contributed by atoms with E-state index in [1.807, 2.05) is 0 Å². The molecule has 0 radical (unpaired) electrons. The highest BCUT2D eigenvalue weighted by molar-refractivity contribution is 5.91. The second-order valence-electron chi connectivity index (χ2n) is 2.87. The number of carbonyl (C=O) groups excluding carboxylic acids is 1. The van der Waals surface area contributed by atoms with Gasteiger partial charge in [-0.25, -0.2) is 4.68 Å². The molecule has 1 aromatic heterocycles. The highest BCUT2D eigenvalue weighted by Gasteiger charge is 2.25. The second kappa shape index (κ2) is 2.15. The number of hydrogen-bond donors (Lipinski definition) is 0. The minimum atomic E-state index is -0.0168. The van der Waals surface area contributed by atoms with Crippen LogP contribution in [0.4, 0.5) is 0 Å². The van der Waals surface area contributed by atoms with Crippen LogP contribution in [0, 0.1) is 0 Å². The minimum Gasteiger partial charge on any atom is -0.293 e. The second-order valence-corrected chi connectivity index (χ2v) is 2.87. The van der Waals surface area contributed by atoms with Gasteiger partial charge in [0.05, 0.1) is 12.2 Å². The zero-order valence-corrected chi connectivity index (χ0v) is 6.32. The van der Waals surface area contributed by atoms with Gasteiger partial charge in [-0.05, 0) is 12.8 Å². The van der Waals surface area contributed by atoms with E-state index in [1.54, 1.807) is 10.9 Å². The molecule has 4 nitrogen and oxygen atoms in total. The van der Waals surface area contributed by atoms with Gasteiger partial charge in [0.25, 0.3) is 0 Å². The molecule has 58 valence electrons. The number of carbonyl (C=O) groups is 1. The molecule has 11 heavy (non-hydrogen) atoms. The number of aromatic nitrogens is 3. The molecule has 0 aliphatic heterocycles. The van der Waals surface area contributed by atoms with E-state index in [0.717, 1.165) is 0 Å². The maximum atomic E-state index is 10.8. The average molecular weight is 151 g/mol. The number of rotatable bonds is 2. The lowest BCUT2D eigenvalue weighted by Gasteiger charge is -1.89. The van der Waals surface area contributed by atoms with Crippen LogP contribution in [0.5, 0.6) is 0 Å². The predicted molar refractivity (Wildman–Crippen MR) is 38.3 cm³/mol. The summed E-state index contributed by atoms with van der Waals surface area (Å²) in [4.78, 5) is 10.8. The molecule has 2 rings (SSSR count). The van der Waals surface area contributed by atoms with Crippen molar-refractivity contribution in [1.82, 2.24) is 15.0 Å². The highest BCUT2D eigenvalue weighted by atomic mass is 16.1. The number of hydrogen-bond acceptors (Lipinski definition) is 3. The molecule has 0 bridgehead atoms. The SMILES string of the molecule is CC(=O)c1cn(C2CC2)nn1. The van der Waals surface area contributed by atoms with Gasteiger partial charge in [-0.1, -0.05) is 5.21 Å². The van der Waals surface area contributed by atoms with Crippen molar-refractivity contribution in [1.29, 1.82) is 0 Å². The first kappa shape index (κ1) is 6.52. The Kier molecular flexibility index (Phi) is 1.27. The lowest BCUT2D eigenvalue weighted by molar-refractivity contribution is 0.101. The molecule has 1 aromatic rings. The highest BCUT2D eigenvalue weighted by Crippen LogP contribution is 2.33. The Labute approximate surface area is 64.2 Å². The van der Waals surface area contributed by atoms with Gasteiger partial charge in [0.15, 0.2) is 5.78 Å². The fraction of sp³-hybridized carbons (Fsp3) is 0.571. The van der Waals surface area contributed by atoms with Gasteiger partial charge >= 0.3 is 0 Å². The molecule has 1 saturated carbocycles. The maximum absolute atomic E-state index is 10.8. The van der Waals surface area contributed by atoms with Gasteiger partial charge in [0.2, 0.25) is 0 Å². The van der Waals surface area contributed by atoms with Crippen LogP contribution in [0.25, 0.3) is 0 Å². The molecule has 1 heterocycles. The van der Waals surface area contributed by atoms with Crippen molar-refractivity contribution in [3.8, 4) is 0 Å². The predicted octanol–water partition coefficient (Wildman–Crippen LogP) is 0.816. The lowest BCUT2D eigenvalue weighted by atomic mass is 10.3. The molecule has 4 heteroatoms. The minimum absolute atomic E-state index is 0.0168. The van der Waals surface area contributed by atoms with Crippen molar-refractivity contribution in [3.05, 3.63) is 11.9 Å². The maximum Gasteiger partial charge on any atom is 0.181 e. The van der Waals surface area contributed by atoms with Crippen LogP contribution >= 0.6 is 0 Å². The number of ketones is 1. The van der Waals surface area contributed by atoms with E-state index in [9.17, 15) is 4.79 Å². The molecular formula is C7H9N3O. The van der Waals surface area contributed by atoms with Crippen molar-refractivity contribution < 1.29 is 4.79 Å². The molecule has 1 fully saturated rings. The third-order valence-electron chi connectivity index (χ3n) is 1.79. The van der Waals surface area contributed by atoms with Gasteiger partial charge in [-0.3, -0.25) is 4.79 Å². The van der Waals surface area contributed by atoms with Crippen molar-refractivity contribution >= 4 is 5.78 Å². The molecule has 0 aromatic carbocycles. The summed E-state index contributed by atoms with van der Waals surface area (Å²) < 4.78 is 1.77. The Hall–Kier alpha value is -1.19. The van der Waals surface area contributed by atoms with Crippen LogP contribution in [0.3, 0.4) is 0 Å². The molecule has 0 unspecified atom stereocenters. The monoisotopic (exact) mass is 151 g/mol. The van der Waals surface area contributed by atoms with E-state index in [1.165, 1.54) is 19.8 Å². The Morgan fingerprint density at radius 3 is 2.91 bits per heavy atom. The van der Waals surface area contributed by atoms with Crippen LogP contribution in [0.1, 0.15) is 36.3 Å². The van der Waals surface area contributed by atoms with E-state index >= 15 is 0 Å². The number of Topliss-reactive ketones (excluding diaryl/α,β-unsaturated/α-hetero) is 1. The Morgan fingerprint density at radius 2 is 2.45 bits per heavy atom. The van der Waals surface area contributed by atoms with Gasteiger partial charge in [0, 0.05) is 6.92 Å². The molecule has 1 aliphatic carbocycles. The van der Waals surface area contributed by atoms with Crippen LogP contribution in [-0.4, -0.2) is 20.8 Å². The van der Waals surface area contributed by atoms with Gasteiger partial charge in [-0.15, -0.1) is 5.10 Å². The number of nitrogens with zero attached hydrogens (tertiary/aromatic N) is 3. The smallest absolute Gasteiger partial charge is 0.181 e. The largest absolute Gasteiger partial charge is 0.293 e. The van der Waals surface area contributed by atoms with Gasteiger partial charge in [-0.2, -0.15) is 0 Å². The van der Waals surface area contributed by atoms with Gasteiger partial charge < -0.3 is 0 Å². The van der Waals surface area contributed by atoms with Crippen molar-refractivity contribution in [2.24, 2.45) is 0 Å². The summed E-state index contributed by atoms with van der Waals surface area (Å²) in [6.07, 6.45) is 4.06. The fourth-order valence-electron chi connectivity index (χ4n) is 0.956. The van der Waals surface area contributed by atoms with Crippen LogP contribution in [0.15, 0.2) is 6.20 Å². The quantitative estimate of drug-likeness (QED) is 0.588. The van der Waals surface area contributed by atoms with E-state index in [0.29, 0.717) is 11.7 Å². The topological polar surface area (TPSA) is 47.8 Å². The average Bonchev–Trinajstić information content (AvgIpc) is 2.68. The zero-order valence-electron chi connectivity index (χ0n) is 6.32. The standard InChI is InChI=1S/C7H9N3O/c1-5(11)7-4-10(9-8-7)6-2-3-6/h4,6H,2-3H2,1H3. The molecule has 0 atom stereocenters. The Balaban J connectivity index is 2.25. The van der Waals surface area contributed by atoms with Crippen LogP contribution in [-0.2, 0) is 0 Å². The van der Waals surface area contributed by atoms with Crippen LogP contribution < -0.4 is 0 Å². The molecule has 1 aliphatic rings. The first-order valence-electron chi connectivity index (χ1n) is 3.70. The van der Waals surface area contributed by atoms with Gasteiger partial charge in [0.1, 0.15) is 5.69 Å². The van der Waals surface area contributed by atoms with Crippen LogP contribution in [0.2, 0.25) is 0 Å². The fourth-order valence-corrected chi connectivity index (χ4v) is 0.956. The Morgan fingerprint density at radius 1 is 1.73 bits per heavy atom. The Bertz CT molecular complexity index is 288. The zero-order chi connectivity index (χ0) is 7.84. The van der Waals surface area contributed by atoms with Crippen molar-refractivity contribution in [3.63, 3.8) is 0 Å². The first-order chi connectivity index (χ1) is 5.27. The third-order valence-corrected chi connectivity index (χ3v) is 1.79. The summed E-state index contributed by atoms with van der Waals surface area (Å²) in [6.45, 7) is 1.50. The summed E-state index contributed by atoms with van der Waals surface area (Å²) in [5.74, 6) is -0.0168. The summed E-state index contributed by atoms with van der Waals surface area (Å²) in [5.41, 5.74) is 0.469. The molecule has 0 spiro atoms. The summed E-state index contributed by atoms with van der Waals surface area (Å²) >= 11 is 0. The normalized spacial score (nSPS) is 16.8. The van der Waals surface area contributed by atoms with Crippen molar-refractivity contribution in [2.45, 2.75) is 25.8 Å². The summed E-state index contributed by atoms with van der Waals surface area (Å²) in [6, 6.07) is 0.510. The molecule has 0 N–H and O–H groups in total. The summed E-state index contributed by atoms with van der Waals surface area (Å²) in [5, 5.41) is 7.59. The third kappa shape index (κ3) is 1.15. The van der Waals surface area contributed by atoms with E-state index in [-0.39, 0.29) is 5.78 Å². The van der Waals surface area contributed by atoms with E-state index < -0.39 is 0 Å². The molecule has 0 amide bonds.